The fourth-order valence-corrected chi connectivity index (χ4v) is 3.37. The molecule has 0 N–H and O–H groups in total. The van der Waals surface area contributed by atoms with Crippen LogP contribution in [-0.4, -0.2) is 33.4 Å². The molecule has 23 heavy (non-hydrogen) atoms. The Bertz CT molecular complexity index is 545. The Morgan fingerprint density at radius 1 is 0.870 bits per heavy atom. The summed E-state index contributed by atoms with van der Waals surface area (Å²) in [6.07, 6.45) is 2.96. The highest BCUT2D eigenvalue weighted by molar-refractivity contribution is 5.93. The maximum absolute atomic E-state index is 12.6. The molecule has 0 saturated heterocycles. The van der Waals surface area contributed by atoms with Crippen LogP contribution in [0.4, 0.5) is 0 Å². The van der Waals surface area contributed by atoms with E-state index in [4.69, 9.17) is 18.9 Å². The first kappa shape index (κ1) is 17.4. The largest absolute Gasteiger partial charge is 0.496 e. The van der Waals surface area contributed by atoms with Gasteiger partial charge in [-0.2, -0.15) is 0 Å². The van der Waals surface area contributed by atoms with E-state index in [1.807, 2.05) is 0 Å². The average Bonchev–Trinajstić information content (AvgIpc) is 2.52. The van der Waals surface area contributed by atoms with E-state index in [0.29, 0.717) is 34.6 Å². The van der Waals surface area contributed by atoms with Crippen molar-refractivity contribution >= 4 is 5.97 Å². The van der Waals surface area contributed by atoms with E-state index in [1.54, 1.807) is 19.2 Å². The van der Waals surface area contributed by atoms with Gasteiger partial charge in [0.1, 0.15) is 17.4 Å². The first-order chi connectivity index (χ1) is 11.0. The van der Waals surface area contributed by atoms with Crippen molar-refractivity contribution < 1.29 is 23.7 Å². The molecule has 0 aromatic heterocycles. The number of methoxy groups -OCH3 is 3. The van der Waals surface area contributed by atoms with E-state index in [9.17, 15) is 4.79 Å². The Hall–Kier alpha value is -1.91. The molecule has 5 nitrogen and oxygen atoms in total. The molecule has 1 aromatic carbocycles. The van der Waals surface area contributed by atoms with Crippen molar-refractivity contribution in [3.8, 4) is 17.2 Å². The lowest BCUT2D eigenvalue weighted by atomic mass is 9.82. The van der Waals surface area contributed by atoms with Crippen LogP contribution in [0.2, 0.25) is 0 Å². The molecule has 128 valence electrons. The summed E-state index contributed by atoms with van der Waals surface area (Å²) in [4.78, 5) is 12.6. The molecule has 0 radical (unpaired) electrons. The maximum Gasteiger partial charge on any atom is 0.342 e. The van der Waals surface area contributed by atoms with Gasteiger partial charge in [-0.25, -0.2) is 4.79 Å². The average molecular weight is 322 g/mol. The second-order valence-corrected chi connectivity index (χ2v) is 6.35. The quantitative estimate of drug-likeness (QED) is 0.774. The molecule has 1 fully saturated rings. The van der Waals surface area contributed by atoms with Crippen LogP contribution in [-0.2, 0) is 4.74 Å². The van der Waals surface area contributed by atoms with Crippen LogP contribution < -0.4 is 14.2 Å². The minimum atomic E-state index is -0.380. The summed E-state index contributed by atoms with van der Waals surface area (Å²) in [5, 5.41) is 0. The SMILES string of the molecule is COc1cc(OC)c(C(=O)OC2C[C@H](C)C[C@@H](C)C2)cc1OC. The zero-order valence-electron chi connectivity index (χ0n) is 14.5. The molecule has 0 aliphatic heterocycles. The Morgan fingerprint density at radius 2 is 1.39 bits per heavy atom. The zero-order chi connectivity index (χ0) is 17.0. The summed E-state index contributed by atoms with van der Waals surface area (Å²) < 4.78 is 21.5. The predicted octanol–water partition coefficient (Wildman–Crippen LogP) is 3.69. The van der Waals surface area contributed by atoms with Crippen LogP contribution >= 0.6 is 0 Å². The standard InChI is InChI=1S/C18H26O5/c1-11-6-12(2)8-13(7-11)23-18(19)14-9-16(21-4)17(22-5)10-15(14)20-3/h9-13H,6-8H2,1-5H3/t11-,12-/m1/s1. The molecular formula is C18H26O5. The third-order valence-electron chi connectivity index (χ3n) is 4.33. The molecule has 0 amide bonds. The van der Waals surface area contributed by atoms with E-state index in [-0.39, 0.29) is 12.1 Å². The topological polar surface area (TPSA) is 54.0 Å². The van der Waals surface area contributed by atoms with E-state index in [2.05, 4.69) is 13.8 Å². The molecule has 1 saturated carbocycles. The van der Waals surface area contributed by atoms with Crippen molar-refractivity contribution in [2.24, 2.45) is 11.8 Å². The molecule has 0 bridgehead atoms. The van der Waals surface area contributed by atoms with Gasteiger partial charge in [-0.15, -0.1) is 0 Å². The number of benzene rings is 1. The monoisotopic (exact) mass is 322 g/mol. The lowest BCUT2D eigenvalue weighted by Gasteiger charge is -2.31. The van der Waals surface area contributed by atoms with Gasteiger partial charge in [-0.3, -0.25) is 0 Å². The molecule has 0 unspecified atom stereocenters. The van der Waals surface area contributed by atoms with Crippen molar-refractivity contribution in [2.45, 2.75) is 39.2 Å². The number of esters is 1. The number of hydrogen-bond acceptors (Lipinski definition) is 5. The second-order valence-electron chi connectivity index (χ2n) is 6.35. The van der Waals surface area contributed by atoms with Gasteiger partial charge in [0.2, 0.25) is 0 Å². The summed E-state index contributed by atoms with van der Waals surface area (Å²) >= 11 is 0. The Kier molecular flexibility index (Phi) is 5.74. The molecule has 0 spiro atoms. The molecule has 1 aliphatic rings. The lowest BCUT2D eigenvalue weighted by Crippen LogP contribution is -2.28. The molecule has 5 heteroatoms. The smallest absolute Gasteiger partial charge is 0.342 e. The summed E-state index contributed by atoms with van der Waals surface area (Å²) in [5.74, 6) is 2.18. The summed E-state index contributed by atoms with van der Waals surface area (Å²) in [5.41, 5.74) is 0.357. The van der Waals surface area contributed by atoms with E-state index in [0.717, 1.165) is 12.8 Å². The van der Waals surface area contributed by atoms with Gasteiger partial charge in [0, 0.05) is 12.1 Å². The summed E-state index contributed by atoms with van der Waals surface area (Å²) in [6.45, 7) is 4.40. The highest BCUT2D eigenvalue weighted by Crippen LogP contribution is 2.36. The van der Waals surface area contributed by atoms with Crippen LogP contribution in [0.15, 0.2) is 12.1 Å². The van der Waals surface area contributed by atoms with Crippen LogP contribution in [0.5, 0.6) is 17.2 Å². The lowest BCUT2D eigenvalue weighted by molar-refractivity contribution is 0.00774. The maximum atomic E-state index is 12.6. The van der Waals surface area contributed by atoms with Gasteiger partial charge in [0.05, 0.1) is 21.3 Å². The molecule has 1 aromatic rings. The van der Waals surface area contributed by atoms with Crippen molar-refractivity contribution in [3.05, 3.63) is 17.7 Å². The van der Waals surface area contributed by atoms with E-state index >= 15 is 0 Å². The molecule has 2 rings (SSSR count). The highest BCUT2D eigenvalue weighted by Gasteiger charge is 2.28. The van der Waals surface area contributed by atoms with Crippen LogP contribution in [0.3, 0.4) is 0 Å². The van der Waals surface area contributed by atoms with Crippen LogP contribution in [0, 0.1) is 11.8 Å². The minimum Gasteiger partial charge on any atom is -0.496 e. The molecule has 1 aliphatic carbocycles. The van der Waals surface area contributed by atoms with Crippen molar-refractivity contribution in [3.63, 3.8) is 0 Å². The second kappa shape index (κ2) is 7.57. The van der Waals surface area contributed by atoms with Crippen LogP contribution in [0.1, 0.15) is 43.5 Å². The van der Waals surface area contributed by atoms with Gasteiger partial charge in [0.15, 0.2) is 11.5 Å². The third kappa shape index (κ3) is 4.09. The van der Waals surface area contributed by atoms with Crippen molar-refractivity contribution in [2.75, 3.05) is 21.3 Å². The fourth-order valence-electron chi connectivity index (χ4n) is 3.37. The van der Waals surface area contributed by atoms with Crippen molar-refractivity contribution in [1.29, 1.82) is 0 Å². The molecular weight excluding hydrogens is 296 g/mol. The summed E-state index contributed by atoms with van der Waals surface area (Å²) in [6, 6.07) is 3.25. The summed E-state index contributed by atoms with van der Waals surface area (Å²) in [7, 11) is 4.59. The third-order valence-corrected chi connectivity index (χ3v) is 4.33. The Labute approximate surface area is 137 Å². The number of rotatable bonds is 5. The fraction of sp³-hybridized carbons (Fsp3) is 0.611. The Balaban J connectivity index is 2.21. The van der Waals surface area contributed by atoms with E-state index in [1.165, 1.54) is 20.6 Å². The zero-order valence-corrected chi connectivity index (χ0v) is 14.5. The first-order valence-corrected chi connectivity index (χ1v) is 7.99. The highest BCUT2D eigenvalue weighted by atomic mass is 16.5. The van der Waals surface area contributed by atoms with Crippen molar-refractivity contribution in [1.82, 2.24) is 0 Å². The van der Waals surface area contributed by atoms with Crippen LogP contribution in [0.25, 0.3) is 0 Å². The number of carbonyl (C=O) groups is 1. The number of hydrogen-bond donors (Lipinski definition) is 0. The molecule has 0 heterocycles. The van der Waals surface area contributed by atoms with Gasteiger partial charge in [0.25, 0.3) is 0 Å². The minimum absolute atomic E-state index is 0.0425. The Morgan fingerprint density at radius 3 is 1.91 bits per heavy atom. The molecule has 2 atom stereocenters. The predicted molar refractivity (Wildman–Crippen MR) is 87.5 cm³/mol. The first-order valence-electron chi connectivity index (χ1n) is 7.99. The van der Waals surface area contributed by atoms with Gasteiger partial charge in [-0.05, 0) is 31.1 Å². The normalized spacial score (nSPS) is 24.0. The van der Waals surface area contributed by atoms with E-state index < -0.39 is 0 Å². The number of ether oxygens (including phenoxy) is 4. The van der Waals surface area contributed by atoms with Gasteiger partial charge >= 0.3 is 5.97 Å². The van der Waals surface area contributed by atoms with Gasteiger partial charge in [-0.1, -0.05) is 13.8 Å². The number of carbonyl (C=O) groups excluding carboxylic acids is 1. The van der Waals surface area contributed by atoms with Gasteiger partial charge < -0.3 is 18.9 Å².